The number of hydrogen-bond acceptors (Lipinski definition) is 5. The monoisotopic (exact) mass is 382 g/mol. The van der Waals surface area contributed by atoms with Gasteiger partial charge in [-0.05, 0) is 35.9 Å². The second-order valence-corrected chi connectivity index (χ2v) is 6.68. The summed E-state index contributed by atoms with van der Waals surface area (Å²) in [6.07, 6.45) is 0. The second kappa shape index (κ2) is 6.85. The summed E-state index contributed by atoms with van der Waals surface area (Å²) in [5.41, 5.74) is 1.98. The number of thiophene rings is 1. The van der Waals surface area contributed by atoms with E-state index in [4.69, 9.17) is 9.47 Å². The van der Waals surface area contributed by atoms with E-state index < -0.39 is 0 Å². The van der Waals surface area contributed by atoms with Gasteiger partial charge in [-0.1, -0.05) is 12.1 Å². The van der Waals surface area contributed by atoms with Gasteiger partial charge < -0.3 is 14.5 Å². The van der Waals surface area contributed by atoms with Crippen molar-refractivity contribution in [3.63, 3.8) is 0 Å². The molecule has 0 spiro atoms. The molecule has 0 amide bonds. The molecule has 5 nitrogen and oxygen atoms in total. The molecule has 136 valence electrons. The van der Waals surface area contributed by atoms with Crippen LogP contribution < -0.4 is 15.0 Å². The van der Waals surface area contributed by atoms with E-state index >= 15 is 0 Å². The van der Waals surface area contributed by atoms with Crippen LogP contribution in [0.2, 0.25) is 0 Å². The van der Waals surface area contributed by atoms with Gasteiger partial charge in [0, 0.05) is 16.5 Å². The van der Waals surface area contributed by atoms with E-state index in [1.807, 2.05) is 5.38 Å². The number of nitrogens with zero attached hydrogens (tertiary/aromatic N) is 1. The number of hydrogen-bond donors (Lipinski definition) is 1. The third-order valence-electron chi connectivity index (χ3n) is 4.26. The fraction of sp³-hybridized carbons (Fsp3) is 0.100. The normalized spacial score (nSPS) is 10.9. The third-order valence-corrected chi connectivity index (χ3v) is 5.13. The van der Waals surface area contributed by atoms with Gasteiger partial charge in [-0.3, -0.25) is 4.79 Å². The molecule has 0 fully saturated rings. The average Bonchev–Trinajstić information content (AvgIpc) is 3.12. The molecule has 27 heavy (non-hydrogen) atoms. The van der Waals surface area contributed by atoms with E-state index in [9.17, 15) is 9.18 Å². The Morgan fingerprint density at radius 2 is 1.70 bits per heavy atom. The van der Waals surface area contributed by atoms with Crippen molar-refractivity contribution in [1.29, 1.82) is 0 Å². The molecule has 0 radical (unpaired) electrons. The molecule has 7 heteroatoms. The van der Waals surface area contributed by atoms with Crippen LogP contribution >= 0.6 is 11.3 Å². The van der Waals surface area contributed by atoms with E-state index in [1.165, 1.54) is 23.5 Å². The van der Waals surface area contributed by atoms with Gasteiger partial charge in [0.1, 0.15) is 16.5 Å². The third kappa shape index (κ3) is 3.06. The Morgan fingerprint density at radius 3 is 2.41 bits per heavy atom. The second-order valence-electron chi connectivity index (χ2n) is 5.82. The Kier molecular flexibility index (Phi) is 4.37. The summed E-state index contributed by atoms with van der Waals surface area (Å²) in [7, 11) is 3.11. The molecular formula is C20H15FN2O3S. The minimum atomic E-state index is -0.318. The van der Waals surface area contributed by atoms with Gasteiger partial charge in [-0.2, -0.15) is 0 Å². The van der Waals surface area contributed by atoms with Gasteiger partial charge in [0.05, 0.1) is 19.6 Å². The van der Waals surface area contributed by atoms with Crippen molar-refractivity contribution in [2.45, 2.75) is 0 Å². The average molecular weight is 382 g/mol. The number of ether oxygens (including phenoxy) is 2. The van der Waals surface area contributed by atoms with E-state index in [2.05, 4.69) is 9.97 Å². The molecule has 4 aromatic rings. The molecule has 2 heterocycles. The number of halogens is 1. The lowest BCUT2D eigenvalue weighted by Gasteiger charge is -2.09. The quantitative estimate of drug-likeness (QED) is 0.565. The van der Waals surface area contributed by atoms with Crippen LogP contribution in [0.15, 0.2) is 52.6 Å². The highest BCUT2D eigenvalue weighted by Gasteiger charge is 2.15. The van der Waals surface area contributed by atoms with Crippen molar-refractivity contribution in [2.75, 3.05) is 14.2 Å². The van der Waals surface area contributed by atoms with Crippen LogP contribution in [0, 0.1) is 5.82 Å². The van der Waals surface area contributed by atoms with Crippen molar-refractivity contribution in [3.05, 3.63) is 64.0 Å². The Bertz CT molecular complexity index is 1180. The van der Waals surface area contributed by atoms with Gasteiger partial charge >= 0.3 is 0 Å². The summed E-state index contributed by atoms with van der Waals surface area (Å²) in [5, 5.41) is 2.36. The first-order valence-corrected chi connectivity index (χ1v) is 8.98. The first kappa shape index (κ1) is 17.2. The van der Waals surface area contributed by atoms with Gasteiger partial charge in [0.2, 0.25) is 0 Å². The number of aromatic amines is 1. The first-order chi connectivity index (χ1) is 13.1. The Balaban J connectivity index is 1.84. The molecule has 0 atom stereocenters. The van der Waals surface area contributed by atoms with Gasteiger partial charge in [-0.25, -0.2) is 9.37 Å². The van der Waals surface area contributed by atoms with Crippen LogP contribution in [0.1, 0.15) is 0 Å². The van der Waals surface area contributed by atoms with Crippen LogP contribution in [0.25, 0.3) is 32.7 Å². The smallest absolute Gasteiger partial charge is 0.260 e. The molecule has 4 rings (SSSR count). The number of aromatic nitrogens is 2. The summed E-state index contributed by atoms with van der Waals surface area (Å²) in [5.74, 6) is 1.28. The van der Waals surface area contributed by atoms with Crippen LogP contribution in [0.5, 0.6) is 11.5 Å². The molecule has 2 aromatic carbocycles. The lowest BCUT2D eigenvalue weighted by Crippen LogP contribution is -2.09. The number of benzene rings is 2. The van der Waals surface area contributed by atoms with Crippen LogP contribution in [0.3, 0.4) is 0 Å². The minimum absolute atomic E-state index is 0.245. The molecule has 0 unspecified atom stereocenters. The molecule has 0 aliphatic heterocycles. The van der Waals surface area contributed by atoms with Crippen molar-refractivity contribution in [1.82, 2.24) is 9.97 Å². The number of methoxy groups -OCH3 is 2. The van der Waals surface area contributed by atoms with Gasteiger partial charge in [0.25, 0.3) is 5.56 Å². The highest BCUT2D eigenvalue weighted by molar-refractivity contribution is 7.17. The molecule has 0 saturated carbocycles. The van der Waals surface area contributed by atoms with Crippen LogP contribution in [-0.2, 0) is 0 Å². The zero-order valence-electron chi connectivity index (χ0n) is 14.6. The fourth-order valence-electron chi connectivity index (χ4n) is 2.91. The summed E-state index contributed by atoms with van der Waals surface area (Å²) in [6, 6.07) is 11.4. The number of nitrogens with one attached hydrogen (secondary N) is 1. The molecule has 0 aliphatic carbocycles. The minimum Gasteiger partial charge on any atom is -0.493 e. The summed E-state index contributed by atoms with van der Waals surface area (Å²) in [6.45, 7) is 0. The summed E-state index contributed by atoms with van der Waals surface area (Å²) in [4.78, 5) is 20.8. The summed E-state index contributed by atoms with van der Waals surface area (Å²) >= 11 is 1.37. The number of rotatable bonds is 4. The Morgan fingerprint density at radius 1 is 1.00 bits per heavy atom. The van der Waals surface area contributed by atoms with E-state index in [0.29, 0.717) is 33.1 Å². The topological polar surface area (TPSA) is 64.2 Å². The van der Waals surface area contributed by atoms with Crippen molar-refractivity contribution in [3.8, 4) is 34.0 Å². The van der Waals surface area contributed by atoms with Crippen LogP contribution in [0.4, 0.5) is 4.39 Å². The highest BCUT2D eigenvalue weighted by Crippen LogP contribution is 2.34. The van der Waals surface area contributed by atoms with Crippen molar-refractivity contribution >= 4 is 21.6 Å². The van der Waals surface area contributed by atoms with E-state index in [0.717, 1.165) is 11.1 Å². The number of fused-ring (bicyclic) bond motifs is 1. The molecule has 0 aliphatic rings. The largest absolute Gasteiger partial charge is 0.493 e. The summed E-state index contributed by atoms with van der Waals surface area (Å²) < 4.78 is 23.7. The maximum Gasteiger partial charge on any atom is 0.260 e. The van der Waals surface area contributed by atoms with Crippen molar-refractivity contribution < 1.29 is 13.9 Å². The standard InChI is InChI=1S/C20H15FN2O3S/c1-25-15-8-5-12(9-16(15)26-2)18-22-19(24)17-14(10-27-20(17)23-18)11-3-6-13(21)7-4-11/h3-10H,1-2H3,(H,22,23,24). The van der Waals surface area contributed by atoms with E-state index in [1.54, 1.807) is 44.6 Å². The Hall–Kier alpha value is -3.19. The predicted molar refractivity (Wildman–Crippen MR) is 104 cm³/mol. The number of H-pyrrole nitrogens is 1. The van der Waals surface area contributed by atoms with Crippen LogP contribution in [-0.4, -0.2) is 24.2 Å². The molecule has 0 saturated heterocycles. The predicted octanol–water partition coefficient (Wildman–Crippen LogP) is 4.47. The maximum atomic E-state index is 13.2. The van der Waals surface area contributed by atoms with E-state index in [-0.39, 0.29) is 11.4 Å². The van der Waals surface area contributed by atoms with Gasteiger partial charge in [0.15, 0.2) is 11.5 Å². The lowest BCUT2D eigenvalue weighted by atomic mass is 10.1. The lowest BCUT2D eigenvalue weighted by molar-refractivity contribution is 0.355. The fourth-order valence-corrected chi connectivity index (χ4v) is 3.86. The Labute approximate surface area is 158 Å². The SMILES string of the molecule is COc1ccc(-c2nc3scc(-c4ccc(F)cc4)c3c(=O)[nH]2)cc1OC. The molecule has 2 aromatic heterocycles. The molecular weight excluding hydrogens is 367 g/mol. The zero-order chi connectivity index (χ0) is 19.0. The van der Waals surface area contributed by atoms with Crippen molar-refractivity contribution in [2.24, 2.45) is 0 Å². The maximum absolute atomic E-state index is 13.2. The zero-order valence-corrected chi connectivity index (χ0v) is 15.4. The molecule has 1 N–H and O–H groups in total. The highest BCUT2D eigenvalue weighted by atomic mass is 32.1. The first-order valence-electron chi connectivity index (χ1n) is 8.10. The molecule has 0 bridgehead atoms. The van der Waals surface area contributed by atoms with Gasteiger partial charge in [-0.15, -0.1) is 11.3 Å².